The van der Waals surface area contributed by atoms with Crippen LogP contribution in [0.25, 0.3) is 6.08 Å². The van der Waals surface area contributed by atoms with E-state index in [9.17, 15) is 10.1 Å². The maximum Gasteiger partial charge on any atom is 0.266 e. The van der Waals surface area contributed by atoms with Crippen LogP contribution in [0.5, 0.6) is 11.5 Å². The highest BCUT2D eigenvalue weighted by Gasteiger charge is 2.14. The fourth-order valence-corrected chi connectivity index (χ4v) is 2.15. The molecule has 0 fully saturated rings. The van der Waals surface area contributed by atoms with Crippen LogP contribution < -0.4 is 14.8 Å². The third-order valence-corrected chi connectivity index (χ3v) is 3.38. The maximum absolute atomic E-state index is 12.2. The summed E-state index contributed by atoms with van der Waals surface area (Å²) < 4.78 is 10.5. The number of fused-ring (bicyclic) bond motifs is 1. The number of aryl methyl sites for hydroxylation is 1. The Hall–Kier alpha value is -3.26. The summed E-state index contributed by atoms with van der Waals surface area (Å²) >= 11 is 0. The second-order valence-electron chi connectivity index (χ2n) is 5.10. The Balaban J connectivity index is 1.80. The topological polar surface area (TPSA) is 71.4 Å². The Kier molecular flexibility index (Phi) is 3.98. The number of ether oxygens (including phenoxy) is 2. The van der Waals surface area contributed by atoms with Crippen LogP contribution in [0.3, 0.4) is 0 Å². The van der Waals surface area contributed by atoms with Crippen LogP contribution in [-0.4, -0.2) is 12.7 Å². The molecule has 114 valence electrons. The smallest absolute Gasteiger partial charge is 0.266 e. The Labute approximate surface area is 133 Å². The molecule has 0 bridgehead atoms. The van der Waals surface area contributed by atoms with Gasteiger partial charge in [-0.15, -0.1) is 0 Å². The molecule has 3 rings (SSSR count). The molecule has 0 unspecified atom stereocenters. The molecule has 23 heavy (non-hydrogen) atoms. The number of hydrogen-bond acceptors (Lipinski definition) is 4. The van der Waals surface area contributed by atoms with E-state index in [4.69, 9.17) is 9.47 Å². The largest absolute Gasteiger partial charge is 0.454 e. The highest BCUT2D eigenvalue weighted by Crippen LogP contribution is 2.33. The fraction of sp³-hybridized carbons (Fsp3) is 0.111. The number of benzene rings is 2. The molecule has 5 heteroatoms. The second-order valence-corrected chi connectivity index (χ2v) is 5.10. The van der Waals surface area contributed by atoms with E-state index in [2.05, 4.69) is 5.32 Å². The number of anilines is 1. The van der Waals surface area contributed by atoms with Gasteiger partial charge in [-0.25, -0.2) is 0 Å². The first-order valence-electron chi connectivity index (χ1n) is 7.05. The van der Waals surface area contributed by atoms with Crippen LogP contribution in [-0.2, 0) is 4.79 Å². The van der Waals surface area contributed by atoms with Gasteiger partial charge in [0, 0.05) is 5.69 Å². The van der Waals surface area contributed by atoms with Crippen molar-refractivity contribution in [3.05, 3.63) is 59.2 Å². The van der Waals surface area contributed by atoms with Crippen molar-refractivity contribution < 1.29 is 14.3 Å². The first-order chi connectivity index (χ1) is 11.2. The minimum atomic E-state index is -0.450. The molecular weight excluding hydrogens is 292 g/mol. The van der Waals surface area contributed by atoms with Crippen molar-refractivity contribution in [3.8, 4) is 17.6 Å². The molecule has 0 radical (unpaired) electrons. The van der Waals surface area contributed by atoms with Crippen LogP contribution >= 0.6 is 0 Å². The Morgan fingerprint density at radius 3 is 2.65 bits per heavy atom. The third kappa shape index (κ3) is 3.33. The maximum atomic E-state index is 12.2. The van der Waals surface area contributed by atoms with Gasteiger partial charge in [-0.1, -0.05) is 23.8 Å². The summed E-state index contributed by atoms with van der Waals surface area (Å²) in [5.74, 6) is 0.814. The molecule has 0 spiro atoms. The van der Waals surface area contributed by atoms with E-state index in [1.807, 2.05) is 25.1 Å². The van der Waals surface area contributed by atoms with Crippen molar-refractivity contribution in [2.45, 2.75) is 6.92 Å². The number of carbonyl (C=O) groups excluding carboxylic acids is 1. The summed E-state index contributed by atoms with van der Waals surface area (Å²) in [6.45, 7) is 2.15. The molecule has 1 heterocycles. The lowest BCUT2D eigenvalue weighted by molar-refractivity contribution is -0.112. The minimum Gasteiger partial charge on any atom is -0.454 e. The molecular formula is C18H14N2O3. The van der Waals surface area contributed by atoms with Gasteiger partial charge in [0.2, 0.25) is 6.79 Å². The van der Waals surface area contributed by atoms with E-state index in [1.54, 1.807) is 30.3 Å². The number of nitrogens with one attached hydrogen (secondary N) is 1. The van der Waals surface area contributed by atoms with Gasteiger partial charge in [0.15, 0.2) is 11.5 Å². The summed E-state index contributed by atoms with van der Waals surface area (Å²) in [4.78, 5) is 12.2. The SMILES string of the molecule is Cc1ccc(NC(=O)C(C#N)=Cc2ccc3c(c2)OCO3)cc1. The molecule has 1 aliphatic heterocycles. The molecule has 2 aromatic rings. The molecule has 0 aliphatic carbocycles. The number of amides is 1. The number of nitriles is 1. The van der Waals surface area contributed by atoms with E-state index in [-0.39, 0.29) is 12.4 Å². The fourth-order valence-electron chi connectivity index (χ4n) is 2.15. The summed E-state index contributed by atoms with van der Waals surface area (Å²) in [6, 6.07) is 14.6. The molecule has 5 nitrogen and oxygen atoms in total. The van der Waals surface area contributed by atoms with Crippen molar-refractivity contribution >= 4 is 17.7 Å². The van der Waals surface area contributed by atoms with Gasteiger partial charge in [0.1, 0.15) is 11.6 Å². The normalized spacial score (nSPS) is 12.6. The second kappa shape index (κ2) is 6.24. The highest BCUT2D eigenvalue weighted by molar-refractivity contribution is 6.09. The lowest BCUT2D eigenvalue weighted by atomic mass is 10.1. The lowest BCUT2D eigenvalue weighted by Gasteiger charge is -2.05. The van der Waals surface area contributed by atoms with E-state index in [1.165, 1.54) is 6.08 Å². The monoisotopic (exact) mass is 306 g/mol. The van der Waals surface area contributed by atoms with Gasteiger partial charge in [0.25, 0.3) is 5.91 Å². The molecule has 0 saturated carbocycles. The van der Waals surface area contributed by atoms with Crippen LogP contribution in [0.4, 0.5) is 5.69 Å². The molecule has 0 saturated heterocycles. The average molecular weight is 306 g/mol. The van der Waals surface area contributed by atoms with Crippen LogP contribution in [0, 0.1) is 18.3 Å². The molecule has 0 aromatic heterocycles. The van der Waals surface area contributed by atoms with E-state index in [0.717, 1.165) is 5.56 Å². The number of rotatable bonds is 3. The molecule has 1 aliphatic rings. The van der Waals surface area contributed by atoms with Gasteiger partial charge in [-0.2, -0.15) is 5.26 Å². The molecule has 2 aromatic carbocycles. The van der Waals surface area contributed by atoms with E-state index < -0.39 is 5.91 Å². The number of hydrogen-bond donors (Lipinski definition) is 1. The zero-order chi connectivity index (χ0) is 16.2. The van der Waals surface area contributed by atoms with E-state index >= 15 is 0 Å². The molecule has 0 atom stereocenters. The lowest BCUT2D eigenvalue weighted by Crippen LogP contribution is -2.13. The predicted octanol–water partition coefficient (Wildman–Crippen LogP) is 3.27. The third-order valence-electron chi connectivity index (χ3n) is 3.38. The summed E-state index contributed by atoms with van der Waals surface area (Å²) in [6.07, 6.45) is 1.52. The first-order valence-corrected chi connectivity index (χ1v) is 7.05. The highest BCUT2D eigenvalue weighted by atomic mass is 16.7. The van der Waals surface area contributed by atoms with Crippen LogP contribution in [0.15, 0.2) is 48.0 Å². The Morgan fingerprint density at radius 1 is 1.17 bits per heavy atom. The van der Waals surface area contributed by atoms with Gasteiger partial charge in [-0.05, 0) is 42.8 Å². The van der Waals surface area contributed by atoms with Gasteiger partial charge in [0.05, 0.1) is 0 Å². The van der Waals surface area contributed by atoms with Crippen molar-refractivity contribution in [2.24, 2.45) is 0 Å². The number of carbonyl (C=O) groups is 1. The molecule has 1 N–H and O–H groups in total. The number of nitrogens with zero attached hydrogens (tertiary/aromatic N) is 1. The zero-order valence-corrected chi connectivity index (χ0v) is 12.5. The Morgan fingerprint density at radius 2 is 1.91 bits per heavy atom. The average Bonchev–Trinajstić information content (AvgIpc) is 3.02. The van der Waals surface area contributed by atoms with Crippen LogP contribution in [0.1, 0.15) is 11.1 Å². The van der Waals surface area contributed by atoms with Gasteiger partial charge < -0.3 is 14.8 Å². The first kappa shape index (κ1) is 14.7. The van der Waals surface area contributed by atoms with Crippen molar-refractivity contribution in [2.75, 3.05) is 12.1 Å². The predicted molar refractivity (Wildman–Crippen MR) is 86.0 cm³/mol. The summed E-state index contributed by atoms with van der Waals surface area (Å²) in [5.41, 5.74) is 2.46. The van der Waals surface area contributed by atoms with Gasteiger partial charge >= 0.3 is 0 Å². The van der Waals surface area contributed by atoms with Crippen molar-refractivity contribution in [3.63, 3.8) is 0 Å². The zero-order valence-electron chi connectivity index (χ0n) is 12.5. The van der Waals surface area contributed by atoms with Crippen molar-refractivity contribution in [1.29, 1.82) is 5.26 Å². The molecule has 1 amide bonds. The minimum absolute atomic E-state index is 0.0180. The summed E-state index contributed by atoms with van der Waals surface area (Å²) in [5, 5.41) is 11.9. The quantitative estimate of drug-likeness (QED) is 0.698. The standard InChI is InChI=1S/C18H14N2O3/c1-12-2-5-15(6-3-12)20-18(21)14(10-19)8-13-4-7-16-17(9-13)23-11-22-16/h2-9H,11H2,1H3,(H,20,21). The van der Waals surface area contributed by atoms with Gasteiger partial charge in [-0.3, -0.25) is 4.79 Å². The van der Waals surface area contributed by atoms with E-state index in [0.29, 0.717) is 22.7 Å². The van der Waals surface area contributed by atoms with Crippen molar-refractivity contribution in [1.82, 2.24) is 0 Å². The Bertz CT molecular complexity index is 817. The summed E-state index contributed by atoms with van der Waals surface area (Å²) in [7, 11) is 0. The van der Waals surface area contributed by atoms with Crippen LogP contribution in [0.2, 0.25) is 0 Å².